The van der Waals surface area contributed by atoms with Gasteiger partial charge in [0.15, 0.2) is 0 Å². The molecule has 9 heteroatoms. The van der Waals surface area contributed by atoms with Gasteiger partial charge < -0.3 is 10.2 Å². The Morgan fingerprint density at radius 3 is 2.65 bits per heavy atom. The first-order valence-corrected chi connectivity index (χ1v) is 10.2. The molecule has 2 heterocycles. The van der Waals surface area contributed by atoms with Crippen LogP contribution in [0.15, 0.2) is 71.0 Å². The van der Waals surface area contributed by atoms with Gasteiger partial charge in [-0.1, -0.05) is 24.3 Å². The van der Waals surface area contributed by atoms with Gasteiger partial charge in [-0.25, -0.2) is 4.99 Å². The van der Waals surface area contributed by atoms with Gasteiger partial charge >= 0.3 is 6.18 Å². The van der Waals surface area contributed by atoms with Crippen LogP contribution in [-0.2, 0) is 15.8 Å². The number of benzene rings is 2. The van der Waals surface area contributed by atoms with Crippen LogP contribution in [0.25, 0.3) is 0 Å². The minimum absolute atomic E-state index is 0.00547. The van der Waals surface area contributed by atoms with Gasteiger partial charge in [0.1, 0.15) is 6.54 Å². The second kappa shape index (κ2) is 8.35. The summed E-state index contributed by atoms with van der Waals surface area (Å²) in [4.78, 5) is 32.4. The number of rotatable bonds is 4. The highest BCUT2D eigenvalue weighted by Gasteiger charge is 2.31. The van der Waals surface area contributed by atoms with Gasteiger partial charge in [-0.15, -0.1) is 11.3 Å². The maximum absolute atomic E-state index is 13.0. The van der Waals surface area contributed by atoms with E-state index in [1.807, 2.05) is 17.5 Å². The Morgan fingerprint density at radius 1 is 1.10 bits per heavy atom. The molecule has 31 heavy (non-hydrogen) atoms. The Bertz CT molecular complexity index is 1160. The molecule has 3 aromatic rings. The van der Waals surface area contributed by atoms with E-state index in [0.717, 1.165) is 17.0 Å². The fourth-order valence-corrected chi connectivity index (χ4v) is 3.94. The van der Waals surface area contributed by atoms with Crippen LogP contribution in [0.4, 0.5) is 30.2 Å². The SMILES string of the molecule is O=C(CN1C(=O)CC(c2cccs2)=Nc2ccccc21)Nc1cccc(C(F)(F)F)c1. The van der Waals surface area contributed by atoms with Gasteiger partial charge in [0.25, 0.3) is 0 Å². The maximum Gasteiger partial charge on any atom is 0.416 e. The Morgan fingerprint density at radius 2 is 1.90 bits per heavy atom. The Kier molecular flexibility index (Phi) is 5.60. The predicted molar refractivity (Wildman–Crippen MR) is 114 cm³/mol. The molecular formula is C22H16F3N3O2S. The molecule has 0 radical (unpaired) electrons. The molecule has 0 atom stereocenters. The molecule has 0 spiro atoms. The molecule has 1 aliphatic rings. The summed E-state index contributed by atoms with van der Waals surface area (Å²) >= 11 is 1.46. The number of fused-ring (bicyclic) bond motifs is 1. The summed E-state index contributed by atoms with van der Waals surface area (Å²) in [6.45, 7) is -0.348. The number of carbonyl (C=O) groups is 2. The average Bonchev–Trinajstić information content (AvgIpc) is 3.22. The van der Waals surface area contributed by atoms with Crippen molar-refractivity contribution >= 4 is 45.9 Å². The molecular weight excluding hydrogens is 427 g/mol. The number of aliphatic imine (C=N–C) groups is 1. The first-order valence-electron chi connectivity index (χ1n) is 9.29. The van der Waals surface area contributed by atoms with E-state index >= 15 is 0 Å². The standard InChI is InChI=1S/C22H16F3N3O2S/c23-22(24,25)14-5-3-6-15(11-14)26-20(29)13-28-18-8-2-1-7-16(18)27-17(12-21(28)30)19-9-4-10-31-19/h1-11H,12-13H2,(H,26,29). The number of para-hydroxylation sites is 2. The normalized spacial score (nSPS) is 14.0. The lowest BCUT2D eigenvalue weighted by molar-refractivity contribution is -0.137. The second-order valence-electron chi connectivity index (χ2n) is 6.81. The predicted octanol–water partition coefficient (Wildman–Crippen LogP) is 5.26. The molecule has 1 aromatic heterocycles. The highest BCUT2D eigenvalue weighted by atomic mass is 32.1. The molecule has 4 rings (SSSR count). The zero-order valence-corrected chi connectivity index (χ0v) is 16.8. The van der Waals surface area contributed by atoms with E-state index in [2.05, 4.69) is 10.3 Å². The summed E-state index contributed by atoms with van der Waals surface area (Å²) in [5, 5.41) is 4.33. The van der Waals surface area contributed by atoms with Crippen LogP contribution < -0.4 is 10.2 Å². The molecule has 2 amide bonds. The number of hydrogen-bond acceptors (Lipinski definition) is 4. The molecule has 0 saturated heterocycles. The highest BCUT2D eigenvalue weighted by Crippen LogP contribution is 2.34. The van der Waals surface area contributed by atoms with Crippen molar-refractivity contribution in [2.24, 2.45) is 4.99 Å². The summed E-state index contributed by atoms with van der Waals surface area (Å²) in [5.41, 5.74) is 0.761. The highest BCUT2D eigenvalue weighted by molar-refractivity contribution is 7.12. The van der Waals surface area contributed by atoms with E-state index in [1.54, 1.807) is 24.3 Å². The van der Waals surface area contributed by atoms with Crippen molar-refractivity contribution in [1.82, 2.24) is 0 Å². The molecule has 1 aliphatic heterocycles. The monoisotopic (exact) mass is 443 g/mol. The largest absolute Gasteiger partial charge is 0.416 e. The van der Waals surface area contributed by atoms with Crippen molar-refractivity contribution in [3.05, 3.63) is 76.5 Å². The third-order valence-corrected chi connectivity index (χ3v) is 5.55. The Labute approximate surface area is 179 Å². The maximum atomic E-state index is 13.0. The van der Waals surface area contributed by atoms with Gasteiger partial charge in [-0.3, -0.25) is 9.59 Å². The van der Waals surface area contributed by atoms with Crippen LogP contribution in [-0.4, -0.2) is 24.1 Å². The van der Waals surface area contributed by atoms with Crippen molar-refractivity contribution in [1.29, 1.82) is 0 Å². The number of hydrogen-bond donors (Lipinski definition) is 1. The quantitative estimate of drug-likeness (QED) is 0.598. The molecule has 0 fully saturated rings. The van der Waals surface area contributed by atoms with E-state index in [-0.39, 0.29) is 24.6 Å². The van der Waals surface area contributed by atoms with E-state index < -0.39 is 17.6 Å². The van der Waals surface area contributed by atoms with Gasteiger partial charge in [-0.05, 0) is 41.8 Å². The van der Waals surface area contributed by atoms with Crippen molar-refractivity contribution in [2.75, 3.05) is 16.8 Å². The topological polar surface area (TPSA) is 61.8 Å². The van der Waals surface area contributed by atoms with Crippen molar-refractivity contribution < 1.29 is 22.8 Å². The van der Waals surface area contributed by atoms with Crippen molar-refractivity contribution in [2.45, 2.75) is 12.6 Å². The first kappa shape index (κ1) is 20.8. The van der Waals surface area contributed by atoms with Crippen LogP contribution in [0.2, 0.25) is 0 Å². The molecule has 0 saturated carbocycles. The van der Waals surface area contributed by atoms with Crippen LogP contribution >= 0.6 is 11.3 Å². The lowest BCUT2D eigenvalue weighted by Crippen LogP contribution is -2.38. The van der Waals surface area contributed by atoms with Crippen LogP contribution in [0.1, 0.15) is 16.9 Å². The lowest BCUT2D eigenvalue weighted by atomic mass is 10.2. The summed E-state index contributed by atoms with van der Waals surface area (Å²) in [6.07, 6.45) is -4.51. The van der Waals surface area contributed by atoms with Crippen LogP contribution in [0, 0.1) is 0 Å². The fraction of sp³-hybridized carbons (Fsp3) is 0.136. The summed E-state index contributed by atoms with van der Waals surface area (Å²) < 4.78 is 38.7. The van der Waals surface area contributed by atoms with E-state index in [4.69, 9.17) is 0 Å². The fourth-order valence-electron chi connectivity index (χ4n) is 3.22. The average molecular weight is 443 g/mol. The smallest absolute Gasteiger partial charge is 0.325 e. The van der Waals surface area contributed by atoms with Gasteiger partial charge in [0, 0.05) is 10.6 Å². The third kappa shape index (κ3) is 4.66. The molecule has 0 unspecified atom stereocenters. The summed E-state index contributed by atoms with van der Waals surface area (Å²) in [6, 6.07) is 15.0. The number of carbonyl (C=O) groups excluding carboxylic acids is 2. The van der Waals surface area contributed by atoms with Gasteiger partial charge in [0.05, 0.1) is 29.1 Å². The molecule has 158 valence electrons. The number of nitrogens with zero attached hydrogens (tertiary/aromatic N) is 2. The molecule has 5 nitrogen and oxygen atoms in total. The zero-order valence-electron chi connectivity index (χ0n) is 16.0. The number of thiophene rings is 1. The molecule has 1 N–H and O–H groups in total. The number of alkyl halides is 3. The van der Waals surface area contributed by atoms with Crippen LogP contribution in [0.5, 0.6) is 0 Å². The van der Waals surface area contributed by atoms with E-state index in [0.29, 0.717) is 17.1 Å². The number of amides is 2. The molecule has 0 bridgehead atoms. The lowest BCUT2D eigenvalue weighted by Gasteiger charge is -2.22. The van der Waals surface area contributed by atoms with E-state index in [1.165, 1.54) is 28.4 Å². The van der Waals surface area contributed by atoms with Crippen LogP contribution in [0.3, 0.4) is 0 Å². The number of nitrogens with one attached hydrogen (secondary N) is 1. The van der Waals surface area contributed by atoms with E-state index in [9.17, 15) is 22.8 Å². The second-order valence-corrected chi connectivity index (χ2v) is 7.76. The summed E-state index contributed by atoms with van der Waals surface area (Å²) in [7, 11) is 0. The zero-order chi connectivity index (χ0) is 22.0. The minimum Gasteiger partial charge on any atom is -0.325 e. The Hall–Kier alpha value is -3.46. The van der Waals surface area contributed by atoms with Gasteiger partial charge in [0.2, 0.25) is 11.8 Å². The first-order chi connectivity index (χ1) is 14.8. The van der Waals surface area contributed by atoms with Gasteiger partial charge in [-0.2, -0.15) is 13.2 Å². The van der Waals surface area contributed by atoms with Crippen molar-refractivity contribution in [3.63, 3.8) is 0 Å². The third-order valence-electron chi connectivity index (χ3n) is 4.63. The molecule has 0 aliphatic carbocycles. The number of halogens is 3. The Balaban J connectivity index is 1.57. The van der Waals surface area contributed by atoms with Crippen molar-refractivity contribution in [3.8, 4) is 0 Å². The minimum atomic E-state index is -4.52. The molecule has 2 aromatic carbocycles. The summed E-state index contributed by atoms with van der Waals surface area (Å²) in [5.74, 6) is -0.932. The number of anilines is 2.